The molecule has 116 heavy (non-hydrogen) atoms. The Kier molecular flexibility index (Phi) is 79.6. The molecule has 0 rings (SSSR count). The average molecular weight is 2010 g/mol. The van der Waals surface area contributed by atoms with Gasteiger partial charge in [0.1, 0.15) is 39.6 Å². The average Bonchev–Trinajstić information content (AvgIpc) is 0.902. The van der Waals surface area contributed by atoms with E-state index < -0.39 is 95.3 Å². The summed E-state index contributed by atoms with van der Waals surface area (Å²) in [6.07, 6.45) is 18.2. The predicted molar refractivity (Wildman–Crippen MR) is 429 cm³/mol. The Morgan fingerprint density at radius 2 is 0.517 bits per heavy atom. The Balaban J connectivity index is -0.000000221. The van der Waals surface area contributed by atoms with Crippen LogP contribution < -0.4 is 10.2 Å². The van der Waals surface area contributed by atoms with E-state index in [9.17, 15) is 78.0 Å². The summed E-state index contributed by atoms with van der Waals surface area (Å²) in [5, 5.41) is 41.9. The molecule has 12 atom stereocenters. The smallest absolute Gasteiger partial charge is 0.549 e. The van der Waals surface area contributed by atoms with Crippen molar-refractivity contribution in [3.05, 3.63) is 96.2 Å². The first-order valence-corrected chi connectivity index (χ1v) is 39.5. The summed E-state index contributed by atoms with van der Waals surface area (Å²) >= 11 is 0. The van der Waals surface area contributed by atoms with Crippen molar-refractivity contribution < 1.29 is 201 Å². The van der Waals surface area contributed by atoms with Crippen molar-refractivity contribution in [2.24, 2.45) is 94.7 Å². The van der Waals surface area contributed by atoms with E-state index in [1.54, 1.807) is 27.7 Å². The molecule has 0 aromatic carbocycles. The van der Waals surface area contributed by atoms with E-state index >= 15 is 0 Å². The van der Waals surface area contributed by atoms with Crippen LogP contribution in [-0.2, 0) is 181 Å². The van der Waals surface area contributed by atoms with Crippen molar-refractivity contribution in [1.82, 2.24) is 0 Å². The first-order chi connectivity index (χ1) is 52.0. The summed E-state index contributed by atoms with van der Waals surface area (Å²) in [6, 6.07) is 0. The normalized spacial score (nSPS) is 14.4. The summed E-state index contributed by atoms with van der Waals surface area (Å²) in [6.45, 7) is 57.6. The monoisotopic (exact) mass is 2010 g/mol. The van der Waals surface area contributed by atoms with Crippen molar-refractivity contribution in [3.8, 4) is 0 Å². The topological polar surface area (TPSA) is 365 Å². The van der Waals surface area contributed by atoms with Gasteiger partial charge < -0.3 is 67.9 Å². The van der Waals surface area contributed by atoms with E-state index in [0.29, 0.717) is 82.5 Å². The van der Waals surface area contributed by atoms with Crippen LogP contribution in [0.4, 0.5) is 0 Å². The van der Waals surface area contributed by atoms with E-state index in [1.807, 2.05) is 38.2 Å². The van der Waals surface area contributed by atoms with E-state index in [4.69, 9.17) is 33.2 Å². The number of aliphatic carboxylic acids is 4. The first kappa shape index (κ1) is 126. The molecule has 28 heteroatoms. The molecular weight excluding hydrogens is 1870 g/mol. The Morgan fingerprint density at radius 1 is 0.319 bits per heavy atom. The molecule has 0 saturated carbocycles. The van der Waals surface area contributed by atoms with Gasteiger partial charge in [0.25, 0.3) is 0 Å². The van der Waals surface area contributed by atoms with E-state index in [1.165, 1.54) is 13.8 Å². The zero-order valence-corrected chi connectivity index (χ0v) is 79.3. The van der Waals surface area contributed by atoms with Gasteiger partial charge in [0.2, 0.25) is 0 Å². The van der Waals surface area contributed by atoms with Gasteiger partial charge in [0.15, 0.2) is 0 Å². The maximum atomic E-state index is 12.0. The number of carbonyl (C=O) groups excluding carboxylic acids is 10. The second-order valence-electron chi connectivity index (χ2n) is 31.9. The number of hydrogen-bond donors (Lipinski definition) is 2. The zero-order valence-electron chi connectivity index (χ0n) is 73.2. The largest absolute Gasteiger partial charge is 2.00 e. The second kappa shape index (κ2) is 73.3. The van der Waals surface area contributed by atoms with Crippen LogP contribution in [0.2, 0.25) is 0 Å². The number of allylic oxidation sites excluding steroid dienone is 4. The molecule has 0 aliphatic rings. The van der Waals surface area contributed by atoms with Crippen molar-refractivity contribution in [2.75, 3.05) is 52.9 Å². The van der Waals surface area contributed by atoms with Crippen molar-refractivity contribution in [2.45, 2.75) is 242 Å². The minimum absolute atomic E-state index is 0. The van der Waals surface area contributed by atoms with Gasteiger partial charge in [-0.05, 0) is 177 Å². The molecule has 0 bridgehead atoms. The van der Waals surface area contributed by atoms with Gasteiger partial charge in [-0.25, -0.2) is 19.2 Å². The van der Waals surface area contributed by atoms with Crippen molar-refractivity contribution >= 4 is 71.6 Å². The Hall–Kier alpha value is -5.63. The molecule has 0 spiro atoms. The van der Waals surface area contributed by atoms with Crippen LogP contribution in [-0.4, -0.2) is 135 Å². The molecule has 0 aliphatic heterocycles. The minimum Gasteiger partial charge on any atom is -0.549 e. The molecule has 0 radical (unpaired) electrons. The summed E-state index contributed by atoms with van der Waals surface area (Å²) in [5.41, 5.74) is 3.04. The van der Waals surface area contributed by atoms with Crippen LogP contribution >= 0.6 is 0 Å². The molecule has 0 heterocycles. The standard InChI is InChI=1S/C23H38O6.2C22H36O6.C21H34O6.2Ag.2Pd/c1-7-21(24)28-10-8-9-11-29-22(25)15-20(23(26)27)19(6)14-18(5)13-17(4)12-16(2)3;2*1-14(2)10-16(5)11-17(6)12-18(7)19(21(24)25)13-20(23)27-8-9-28-22(26)15(3)4;1-7-19(22)26-8-9-27-20(23)13-18(21(24)25)17(6)12-16(5)11-15(4)10-14(2)3;;;;/h7,14,16-18,20H,1,8-13,15H2,2-6H3,(H,26,27);2*12,14,16-17,19H,3,8-11,13H2,1-2,4-7H3,(H,24,25);7,12,14-16,18H,1,8-11,13H2,2-6H3,(H,24,25);;;;/q;;;;2*+1;2*+2/p-2/b19-14+;2*18-12+;17-12+;;;;. The molecular formula is C88H142Ag2O24Pd2+4. The van der Waals surface area contributed by atoms with Crippen LogP contribution in [0.15, 0.2) is 96.2 Å². The third kappa shape index (κ3) is 71.3. The van der Waals surface area contributed by atoms with Crippen molar-refractivity contribution in [1.29, 1.82) is 0 Å². The first-order valence-electron chi connectivity index (χ1n) is 39.5. The fraction of sp³-hybridized carbons (Fsp3) is 0.682. The van der Waals surface area contributed by atoms with Gasteiger partial charge in [0.05, 0.1) is 50.7 Å². The van der Waals surface area contributed by atoms with Crippen molar-refractivity contribution in [3.63, 3.8) is 0 Å². The third-order valence-corrected chi connectivity index (χ3v) is 17.5. The number of rotatable bonds is 54. The zero-order chi connectivity index (χ0) is 87.1. The quantitative estimate of drug-likeness (QED) is 0.0143. The van der Waals surface area contributed by atoms with Crippen LogP contribution in [0.1, 0.15) is 242 Å². The SMILES string of the molecule is C=C(C)C(=O)OCCOC(=O)CC(C(=O)O)/C(C)=C/C(C)CC(C)CC(C)C.C=C(C)C(=O)OCCOC(=O)CC(C(=O)[O-])/C(C)=C/C(C)CC(C)CC(C)C.C=CC(=O)OCCCCOC(=O)CC(C(=O)O)/C(C)=C/C(C)CC(C)CC(C)C.C=CC(=O)OCCOC(=O)CC(C(=O)[O-])/C(C)=C/C(C)CC(C)CC(C)C.[Ag+].[Ag+].[Pd+2].[Pd+2]. The van der Waals surface area contributed by atoms with Crippen LogP contribution in [0.5, 0.6) is 0 Å². The van der Waals surface area contributed by atoms with Gasteiger partial charge in [-0.1, -0.05) is 184 Å². The molecule has 0 aromatic heterocycles. The number of carbonyl (C=O) groups is 12. The van der Waals surface area contributed by atoms with Gasteiger partial charge in [-0.3, -0.25) is 28.8 Å². The fourth-order valence-electron chi connectivity index (χ4n) is 13.1. The summed E-state index contributed by atoms with van der Waals surface area (Å²) in [7, 11) is 0. The number of unbranched alkanes of at least 4 members (excludes halogenated alkanes) is 1. The molecule has 0 aliphatic carbocycles. The Bertz CT molecular complexity index is 2980. The van der Waals surface area contributed by atoms with Gasteiger partial charge in [-0.2, -0.15) is 0 Å². The number of carboxylic acid groups (broad SMARTS) is 4. The summed E-state index contributed by atoms with van der Waals surface area (Å²) < 4.78 is 39.1. The second-order valence-corrected chi connectivity index (χ2v) is 31.9. The van der Waals surface area contributed by atoms with E-state index in [-0.39, 0.29) is 199 Å². The number of ether oxygens (including phenoxy) is 8. The summed E-state index contributed by atoms with van der Waals surface area (Å²) in [5.74, 6) is -7.71. The minimum atomic E-state index is -1.30. The number of carboxylic acids is 4. The Labute approximate surface area is 753 Å². The van der Waals surface area contributed by atoms with Crippen LogP contribution in [0.25, 0.3) is 0 Å². The maximum Gasteiger partial charge on any atom is 2.00 e. The third-order valence-electron chi connectivity index (χ3n) is 17.5. The number of esters is 8. The molecule has 12 unspecified atom stereocenters. The van der Waals surface area contributed by atoms with Gasteiger partial charge in [-0.15, -0.1) is 0 Å². The van der Waals surface area contributed by atoms with Crippen LogP contribution in [0, 0.1) is 94.7 Å². The molecule has 0 amide bonds. The van der Waals surface area contributed by atoms with Crippen LogP contribution in [0.3, 0.4) is 0 Å². The fourth-order valence-corrected chi connectivity index (χ4v) is 13.1. The van der Waals surface area contributed by atoms with Gasteiger partial charge >= 0.3 is 145 Å². The Morgan fingerprint density at radius 3 is 0.733 bits per heavy atom. The van der Waals surface area contributed by atoms with E-state index in [0.717, 1.165) is 63.5 Å². The molecule has 24 nitrogen and oxygen atoms in total. The molecule has 0 fully saturated rings. The molecule has 676 valence electrons. The van der Waals surface area contributed by atoms with Gasteiger partial charge in [0, 0.05) is 47.1 Å². The van der Waals surface area contributed by atoms with E-state index in [2.05, 4.69) is 128 Å². The predicted octanol–water partition coefficient (Wildman–Crippen LogP) is 14.9. The summed E-state index contributed by atoms with van der Waals surface area (Å²) in [4.78, 5) is 138. The maximum absolute atomic E-state index is 12.0. The number of hydrogen-bond acceptors (Lipinski definition) is 22. The molecule has 2 N–H and O–H groups in total. The molecule has 0 aromatic rings. The molecule has 0 saturated heterocycles.